The molecule has 6 nitrogen and oxygen atoms in total. The molecule has 2 aromatic rings. The van der Waals surface area contributed by atoms with Crippen LogP contribution in [0.4, 0.5) is 0 Å². The van der Waals surface area contributed by atoms with E-state index in [0.29, 0.717) is 11.5 Å². The second kappa shape index (κ2) is 6.66. The third-order valence-electron chi connectivity index (χ3n) is 3.43. The second-order valence-electron chi connectivity index (χ2n) is 5.15. The lowest BCUT2D eigenvalue weighted by Gasteiger charge is -2.19. The van der Waals surface area contributed by atoms with Gasteiger partial charge in [0, 0.05) is 11.1 Å². The Bertz CT molecular complexity index is 728. The summed E-state index contributed by atoms with van der Waals surface area (Å²) in [6.07, 6.45) is 0.535. The lowest BCUT2D eigenvalue weighted by molar-refractivity contribution is -0.0178. The van der Waals surface area contributed by atoms with E-state index in [2.05, 4.69) is 0 Å². The van der Waals surface area contributed by atoms with E-state index in [4.69, 9.17) is 29.9 Å². The molecule has 0 fully saturated rings. The van der Waals surface area contributed by atoms with Crippen molar-refractivity contribution in [3.63, 3.8) is 0 Å². The molecule has 2 aliphatic rings. The minimum absolute atomic E-state index is 0.159. The molecule has 24 heavy (non-hydrogen) atoms. The molecular weight excluding hydrogens is 312 g/mol. The van der Waals surface area contributed by atoms with Crippen molar-refractivity contribution in [1.29, 1.82) is 0 Å². The Morgan fingerprint density at radius 1 is 0.625 bits per heavy atom. The van der Waals surface area contributed by atoms with E-state index >= 15 is 0 Å². The molecule has 0 aromatic heterocycles. The zero-order chi connectivity index (χ0) is 17.1. The number of aliphatic hydroxyl groups is 4. The topological polar surface area (TPSA) is 99.4 Å². The quantitative estimate of drug-likeness (QED) is 0.593. The summed E-state index contributed by atoms with van der Waals surface area (Å²) < 4.78 is 9.96. The summed E-state index contributed by atoms with van der Waals surface area (Å²) in [6.45, 7) is 0. The summed E-state index contributed by atoms with van der Waals surface area (Å²) in [7, 11) is 0. The number of fused-ring (bicyclic) bond motifs is 2. The molecule has 4 rings (SSSR count). The molecular formula is C18H16O6. The highest BCUT2D eigenvalue weighted by Gasteiger charge is 2.19. The highest BCUT2D eigenvalue weighted by atomic mass is 16.6. The van der Waals surface area contributed by atoms with Gasteiger partial charge in [0.25, 0.3) is 12.6 Å². The van der Waals surface area contributed by atoms with Gasteiger partial charge in [-0.15, -0.1) is 0 Å². The molecule has 2 heterocycles. The van der Waals surface area contributed by atoms with Crippen molar-refractivity contribution in [3.8, 4) is 11.5 Å². The monoisotopic (exact) mass is 328 g/mol. The van der Waals surface area contributed by atoms with Crippen LogP contribution in [0.5, 0.6) is 11.5 Å². The first-order chi connectivity index (χ1) is 11.5. The molecule has 0 radical (unpaired) electrons. The Balaban J connectivity index is 0.000000141. The molecule has 0 spiro atoms. The van der Waals surface area contributed by atoms with E-state index in [1.165, 1.54) is 12.2 Å². The van der Waals surface area contributed by atoms with Crippen LogP contribution in [0, 0.1) is 0 Å². The maximum Gasteiger partial charge on any atom is 0.256 e. The molecule has 2 atom stereocenters. The fourth-order valence-corrected chi connectivity index (χ4v) is 2.24. The van der Waals surface area contributed by atoms with Gasteiger partial charge in [0.1, 0.15) is 11.5 Å². The first kappa shape index (κ1) is 15.9. The van der Waals surface area contributed by atoms with E-state index in [1.807, 2.05) is 24.3 Å². The van der Waals surface area contributed by atoms with Crippen LogP contribution >= 0.6 is 0 Å². The molecule has 6 heteroatoms. The van der Waals surface area contributed by atoms with Crippen LogP contribution in [-0.2, 0) is 0 Å². The summed E-state index contributed by atoms with van der Waals surface area (Å²) in [5.74, 6) is 0.855. The van der Waals surface area contributed by atoms with Crippen molar-refractivity contribution in [3.05, 3.63) is 71.2 Å². The number of hydrogen-bond acceptors (Lipinski definition) is 6. The number of aliphatic hydroxyl groups excluding tert-OH is 4. The Kier molecular flexibility index (Phi) is 4.41. The smallest absolute Gasteiger partial charge is 0.256 e. The predicted octanol–water partition coefficient (Wildman–Crippen LogP) is 2.59. The van der Waals surface area contributed by atoms with Crippen molar-refractivity contribution in [2.45, 2.75) is 12.6 Å². The van der Waals surface area contributed by atoms with Crippen LogP contribution in [0.25, 0.3) is 12.2 Å². The highest BCUT2D eigenvalue weighted by molar-refractivity contribution is 5.61. The zero-order valence-electron chi connectivity index (χ0n) is 12.5. The average molecular weight is 328 g/mol. The molecule has 124 valence electrons. The van der Waals surface area contributed by atoms with Gasteiger partial charge >= 0.3 is 0 Å². The predicted molar refractivity (Wildman–Crippen MR) is 87.4 cm³/mol. The largest absolute Gasteiger partial charge is 0.506 e. The van der Waals surface area contributed by atoms with Crippen LogP contribution in [0.2, 0.25) is 0 Å². The Morgan fingerprint density at radius 3 is 1.42 bits per heavy atom. The van der Waals surface area contributed by atoms with E-state index in [9.17, 15) is 0 Å². The zero-order valence-corrected chi connectivity index (χ0v) is 12.5. The van der Waals surface area contributed by atoms with Crippen molar-refractivity contribution in [2.75, 3.05) is 0 Å². The van der Waals surface area contributed by atoms with Crippen molar-refractivity contribution >= 4 is 12.2 Å². The maximum atomic E-state index is 9.11. The lowest BCUT2D eigenvalue weighted by atomic mass is 10.1. The molecule has 2 unspecified atom stereocenters. The van der Waals surface area contributed by atoms with E-state index in [1.54, 1.807) is 24.3 Å². The van der Waals surface area contributed by atoms with Crippen LogP contribution in [0.1, 0.15) is 11.1 Å². The fourth-order valence-electron chi connectivity index (χ4n) is 2.24. The lowest BCUT2D eigenvalue weighted by Crippen LogP contribution is -2.21. The Hall–Kier alpha value is -2.96. The first-order valence-corrected chi connectivity index (χ1v) is 7.23. The summed E-state index contributed by atoms with van der Waals surface area (Å²) in [6, 6.07) is 14.4. The molecule has 4 N–H and O–H groups in total. The van der Waals surface area contributed by atoms with Crippen molar-refractivity contribution in [2.24, 2.45) is 0 Å². The van der Waals surface area contributed by atoms with E-state index in [-0.39, 0.29) is 11.5 Å². The number of rotatable bonds is 0. The summed E-state index contributed by atoms with van der Waals surface area (Å²) in [4.78, 5) is 0. The molecule has 2 aromatic carbocycles. The van der Waals surface area contributed by atoms with Crippen molar-refractivity contribution in [1.82, 2.24) is 0 Å². The van der Waals surface area contributed by atoms with Gasteiger partial charge in [0.15, 0.2) is 11.5 Å². The molecule has 0 amide bonds. The normalized spacial score (nSPS) is 20.8. The fraction of sp³-hybridized carbons (Fsp3) is 0.111. The van der Waals surface area contributed by atoms with E-state index in [0.717, 1.165) is 11.1 Å². The Labute approximate surface area is 138 Å². The SMILES string of the molecule is OC1=Cc2ccccc2OC1O.OC1=Cc2ccccc2OC1O. The average Bonchev–Trinajstić information content (AvgIpc) is 2.57. The van der Waals surface area contributed by atoms with Gasteiger partial charge in [-0.3, -0.25) is 0 Å². The van der Waals surface area contributed by atoms with Crippen LogP contribution in [0.15, 0.2) is 60.0 Å². The molecule has 0 saturated heterocycles. The summed E-state index contributed by atoms with van der Waals surface area (Å²) in [5, 5.41) is 36.4. The van der Waals surface area contributed by atoms with E-state index < -0.39 is 12.6 Å². The molecule has 0 bridgehead atoms. The molecule has 0 aliphatic carbocycles. The van der Waals surface area contributed by atoms with Crippen LogP contribution < -0.4 is 9.47 Å². The first-order valence-electron chi connectivity index (χ1n) is 7.23. The third-order valence-corrected chi connectivity index (χ3v) is 3.43. The van der Waals surface area contributed by atoms with Gasteiger partial charge in [-0.05, 0) is 24.3 Å². The third kappa shape index (κ3) is 3.34. The van der Waals surface area contributed by atoms with Gasteiger partial charge in [-0.2, -0.15) is 0 Å². The molecule has 0 saturated carbocycles. The second-order valence-corrected chi connectivity index (χ2v) is 5.15. The number of benzene rings is 2. The van der Waals surface area contributed by atoms with Crippen LogP contribution in [-0.4, -0.2) is 33.0 Å². The minimum Gasteiger partial charge on any atom is -0.506 e. The van der Waals surface area contributed by atoms with Crippen molar-refractivity contribution < 1.29 is 29.9 Å². The summed E-state index contributed by atoms with van der Waals surface area (Å²) in [5.41, 5.74) is 1.56. The number of ether oxygens (including phenoxy) is 2. The van der Waals surface area contributed by atoms with Gasteiger partial charge in [-0.25, -0.2) is 0 Å². The number of para-hydroxylation sites is 2. The number of hydrogen-bond donors (Lipinski definition) is 4. The molecule has 2 aliphatic heterocycles. The summed E-state index contributed by atoms with van der Waals surface area (Å²) >= 11 is 0. The standard InChI is InChI=1S/2C9H8O3/c2*10-7-5-6-3-1-2-4-8(6)12-9(7)11/h2*1-5,9-11H. The minimum atomic E-state index is -1.22. The van der Waals surface area contributed by atoms with Gasteiger partial charge < -0.3 is 29.9 Å². The maximum absolute atomic E-state index is 9.11. The van der Waals surface area contributed by atoms with Crippen LogP contribution in [0.3, 0.4) is 0 Å². The Morgan fingerprint density at radius 2 is 1.00 bits per heavy atom. The van der Waals surface area contributed by atoms with Gasteiger partial charge in [0.05, 0.1) is 0 Å². The van der Waals surface area contributed by atoms with Gasteiger partial charge in [-0.1, -0.05) is 36.4 Å². The highest BCUT2D eigenvalue weighted by Crippen LogP contribution is 2.27. The van der Waals surface area contributed by atoms with Gasteiger partial charge in [0.2, 0.25) is 0 Å².